The van der Waals surface area contributed by atoms with Crippen LogP contribution in [0.4, 0.5) is 0 Å². The van der Waals surface area contributed by atoms with Crippen LogP contribution in [0.1, 0.15) is 44.1 Å². The molecule has 0 spiro atoms. The molecule has 2 rings (SSSR count). The predicted octanol–water partition coefficient (Wildman–Crippen LogP) is 1.92. The van der Waals surface area contributed by atoms with E-state index in [2.05, 4.69) is 0 Å². The number of methoxy groups -OCH3 is 1. The lowest BCUT2D eigenvalue weighted by molar-refractivity contribution is -0.138. The summed E-state index contributed by atoms with van der Waals surface area (Å²) in [6.07, 6.45) is 2.91. The molecule has 2 aromatic rings. The van der Waals surface area contributed by atoms with Crippen LogP contribution in [0.25, 0.3) is 10.8 Å². The molecule has 0 aliphatic rings. The lowest BCUT2D eigenvalue weighted by atomic mass is 9.98. The molecule has 8 N–H and O–H groups in total. The first-order chi connectivity index (χ1) is 15.2. The molecule has 0 amide bonds. The van der Waals surface area contributed by atoms with Gasteiger partial charge in [0.05, 0.1) is 32.3 Å². The summed E-state index contributed by atoms with van der Waals surface area (Å²) < 4.78 is 5.14. The summed E-state index contributed by atoms with van der Waals surface area (Å²) in [5.74, 6) is -1.21. The highest BCUT2D eigenvalue weighted by Crippen LogP contribution is 2.25. The molecule has 0 saturated carbocycles. The first kappa shape index (κ1) is 29.3. The van der Waals surface area contributed by atoms with Crippen molar-refractivity contribution in [3.05, 3.63) is 42.0 Å². The van der Waals surface area contributed by atoms with Gasteiger partial charge in [0.15, 0.2) is 0 Å². The Morgan fingerprint density at radius 3 is 2.03 bits per heavy atom. The number of fused-ring (bicyclic) bond motifs is 1. The smallest absolute Gasteiger partial charge is 0.310 e. The van der Waals surface area contributed by atoms with E-state index in [0.717, 1.165) is 41.3 Å². The molecule has 0 unspecified atom stereocenters. The van der Waals surface area contributed by atoms with Crippen LogP contribution in [-0.4, -0.2) is 65.3 Å². The summed E-state index contributed by atoms with van der Waals surface area (Å²) in [4.78, 5) is 20.8. The van der Waals surface area contributed by atoms with E-state index in [-0.39, 0.29) is 19.6 Å². The molecule has 0 bridgehead atoms. The molecule has 9 nitrogen and oxygen atoms in total. The van der Waals surface area contributed by atoms with Crippen LogP contribution in [0, 0.1) is 0 Å². The Bertz CT molecular complexity index is 810. The summed E-state index contributed by atoms with van der Waals surface area (Å²) >= 11 is 0. The van der Waals surface area contributed by atoms with Gasteiger partial charge in [-0.2, -0.15) is 0 Å². The van der Waals surface area contributed by atoms with Gasteiger partial charge in [0.25, 0.3) is 0 Å². The quantitative estimate of drug-likeness (QED) is 0.294. The molecule has 0 saturated heterocycles. The number of nitrogens with two attached hydrogens (primary N) is 2. The SMILES string of the molecule is COc1ccc2cc([C@H](C)C(=O)O)ccc2c1.NC(CO)CO.NCCCCCC(=O)O. The van der Waals surface area contributed by atoms with E-state index in [1.54, 1.807) is 14.0 Å². The first-order valence-corrected chi connectivity index (χ1v) is 10.4. The third kappa shape index (κ3) is 12.2. The van der Waals surface area contributed by atoms with Gasteiger partial charge in [-0.25, -0.2) is 0 Å². The Balaban J connectivity index is 0.000000539. The lowest BCUT2D eigenvalue weighted by Gasteiger charge is -2.08. The van der Waals surface area contributed by atoms with E-state index in [0.29, 0.717) is 6.54 Å². The van der Waals surface area contributed by atoms with E-state index in [9.17, 15) is 9.59 Å². The van der Waals surface area contributed by atoms with E-state index < -0.39 is 23.9 Å². The largest absolute Gasteiger partial charge is 0.497 e. The minimum absolute atomic E-state index is 0.142. The molecule has 1 atom stereocenters. The van der Waals surface area contributed by atoms with Gasteiger partial charge in [-0.1, -0.05) is 30.7 Å². The fourth-order valence-electron chi connectivity index (χ4n) is 2.44. The number of benzene rings is 2. The van der Waals surface area contributed by atoms with E-state index in [1.807, 2.05) is 36.4 Å². The minimum atomic E-state index is -0.808. The maximum absolute atomic E-state index is 10.9. The molecule has 0 heterocycles. The normalized spacial score (nSPS) is 11.1. The fraction of sp³-hybridized carbons (Fsp3) is 0.478. The Morgan fingerprint density at radius 1 is 0.969 bits per heavy atom. The molecule has 0 aromatic heterocycles. The van der Waals surface area contributed by atoms with Crippen LogP contribution in [0.3, 0.4) is 0 Å². The maximum Gasteiger partial charge on any atom is 0.310 e. The van der Waals surface area contributed by atoms with Crippen LogP contribution >= 0.6 is 0 Å². The highest BCUT2D eigenvalue weighted by atomic mass is 16.5. The highest BCUT2D eigenvalue weighted by molar-refractivity contribution is 5.86. The number of hydrogen-bond donors (Lipinski definition) is 6. The third-order valence-corrected chi connectivity index (χ3v) is 4.51. The molecule has 0 fully saturated rings. The third-order valence-electron chi connectivity index (χ3n) is 4.51. The van der Waals surface area contributed by atoms with Gasteiger partial charge < -0.3 is 36.6 Å². The van der Waals surface area contributed by atoms with Crippen molar-refractivity contribution < 1.29 is 34.8 Å². The number of aliphatic hydroxyl groups is 2. The molecule has 0 aliphatic heterocycles. The topological polar surface area (TPSA) is 176 Å². The predicted molar refractivity (Wildman–Crippen MR) is 124 cm³/mol. The van der Waals surface area contributed by atoms with Crippen molar-refractivity contribution in [2.24, 2.45) is 11.5 Å². The number of carbonyl (C=O) groups is 2. The van der Waals surface area contributed by atoms with Crippen molar-refractivity contribution in [2.75, 3.05) is 26.9 Å². The number of carboxylic acids is 2. The van der Waals surface area contributed by atoms with Crippen LogP contribution < -0.4 is 16.2 Å². The van der Waals surface area contributed by atoms with Gasteiger partial charge in [0.2, 0.25) is 0 Å². The standard InChI is InChI=1S/C14H14O3.C6H13NO2.C3H9NO2/c1-9(14(15)16)10-3-4-12-8-13(17-2)6-5-11(12)7-10;7-5-3-1-2-4-6(8)9;4-3(1-5)2-6/h3-9H,1-2H3,(H,15,16);1-5,7H2,(H,8,9);3,5-6H,1-2,4H2/t9-;;/m0../s1. The summed E-state index contributed by atoms with van der Waals surface area (Å²) in [5.41, 5.74) is 11.0. The number of hydrogen-bond acceptors (Lipinski definition) is 7. The number of carboxylic acid groups (broad SMARTS) is 2. The highest BCUT2D eigenvalue weighted by Gasteiger charge is 2.13. The van der Waals surface area contributed by atoms with Crippen LogP contribution in [0.5, 0.6) is 5.75 Å². The second-order valence-electron chi connectivity index (χ2n) is 7.15. The average molecular weight is 453 g/mol. The van der Waals surface area contributed by atoms with Crippen molar-refractivity contribution in [3.8, 4) is 5.75 Å². The summed E-state index contributed by atoms with van der Waals surface area (Å²) in [6, 6.07) is 11.0. The van der Waals surface area contributed by atoms with Crippen LogP contribution in [-0.2, 0) is 9.59 Å². The van der Waals surface area contributed by atoms with Gasteiger partial charge >= 0.3 is 11.9 Å². The number of aliphatic hydroxyl groups excluding tert-OH is 2. The molecular formula is C23H36N2O7. The summed E-state index contributed by atoms with van der Waals surface area (Å²) in [5, 5.41) is 35.3. The van der Waals surface area contributed by atoms with Crippen molar-refractivity contribution in [2.45, 2.75) is 44.6 Å². The van der Waals surface area contributed by atoms with Crippen molar-refractivity contribution in [3.63, 3.8) is 0 Å². The van der Waals surface area contributed by atoms with Gasteiger partial charge in [-0.05, 0) is 54.8 Å². The molecular weight excluding hydrogens is 416 g/mol. The summed E-state index contributed by atoms with van der Waals surface area (Å²) in [6.45, 7) is 2.07. The number of unbranched alkanes of at least 4 members (excludes halogenated alkanes) is 2. The second kappa shape index (κ2) is 16.9. The molecule has 0 radical (unpaired) electrons. The molecule has 0 aliphatic carbocycles. The van der Waals surface area contributed by atoms with Crippen molar-refractivity contribution >= 4 is 22.7 Å². The Kier molecular flexibility index (Phi) is 15.5. The van der Waals surface area contributed by atoms with E-state index in [1.165, 1.54) is 0 Å². The Labute approximate surface area is 188 Å². The van der Waals surface area contributed by atoms with Crippen molar-refractivity contribution in [1.29, 1.82) is 0 Å². The van der Waals surface area contributed by atoms with Gasteiger partial charge in [-0.15, -0.1) is 0 Å². The fourth-order valence-corrected chi connectivity index (χ4v) is 2.44. The van der Waals surface area contributed by atoms with E-state index in [4.69, 9.17) is 36.6 Å². The van der Waals surface area contributed by atoms with Gasteiger partial charge in [0.1, 0.15) is 5.75 Å². The lowest BCUT2D eigenvalue weighted by Crippen LogP contribution is -2.27. The van der Waals surface area contributed by atoms with Gasteiger partial charge in [-0.3, -0.25) is 9.59 Å². The van der Waals surface area contributed by atoms with Crippen LogP contribution in [0.2, 0.25) is 0 Å². The zero-order valence-electron chi connectivity index (χ0n) is 18.7. The molecule has 180 valence electrons. The zero-order chi connectivity index (χ0) is 24.5. The molecule has 32 heavy (non-hydrogen) atoms. The molecule has 2 aromatic carbocycles. The van der Waals surface area contributed by atoms with Crippen LogP contribution in [0.15, 0.2) is 36.4 Å². The van der Waals surface area contributed by atoms with Crippen molar-refractivity contribution in [1.82, 2.24) is 0 Å². The Hall–Kier alpha value is -2.72. The minimum Gasteiger partial charge on any atom is -0.497 e. The first-order valence-electron chi connectivity index (χ1n) is 10.4. The number of ether oxygens (including phenoxy) is 1. The maximum atomic E-state index is 10.9. The second-order valence-corrected chi connectivity index (χ2v) is 7.15. The van der Waals surface area contributed by atoms with Gasteiger partial charge in [0, 0.05) is 6.42 Å². The number of rotatable bonds is 10. The molecule has 9 heteroatoms. The zero-order valence-corrected chi connectivity index (χ0v) is 18.7. The monoisotopic (exact) mass is 452 g/mol. The number of aliphatic carboxylic acids is 2. The Morgan fingerprint density at radius 2 is 1.56 bits per heavy atom. The average Bonchev–Trinajstić information content (AvgIpc) is 2.80. The van der Waals surface area contributed by atoms with E-state index >= 15 is 0 Å². The summed E-state index contributed by atoms with van der Waals surface area (Å²) in [7, 11) is 1.63.